The van der Waals surface area contributed by atoms with Gasteiger partial charge in [-0.15, -0.1) is 0 Å². The first-order valence-electron chi connectivity index (χ1n) is 5.99. The molecule has 0 spiro atoms. The molecule has 1 aromatic rings. The molecule has 2 heterocycles. The van der Waals surface area contributed by atoms with E-state index in [0.717, 1.165) is 26.2 Å². The van der Waals surface area contributed by atoms with E-state index in [4.69, 9.17) is 11.6 Å². The van der Waals surface area contributed by atoms with Gasteiger partial charge in [0.1, 0.15) is 0 Å². The molecule has 3 rings (SSSR count). The van der Waals surface area contributed by atoms with Crippen molar-refractivity contribution < 1.29 is 4.79 Å². The molecule has 2 aliphatic heterocycles. The number of nitrogens with one attached hydrogen (secondary N) is 1. The van der Waals surface area contributed by atoms with E-state index in [1.54, 1.807) is 12.1 Å². The second-order valence-corrected chi connectivity index (χ2v) is 5.34. The highest BCUT2D eigenvalue weighted by atomic mass is 35.5. The van der Waals surface area contributed by atoms with Crippen molar-refractivity contribution in [3.8, 4) is 0 Å². The van der Waals surface area contributed by atoms with Gasteiger partial charge in [0.2, 0.25) is 0 Å². The maximum absolute atomic E-state index is 12.3. The third-order valence-corrected chi connectivity index (χ3v) is 3.98. The lowest BCUT2D eigenvalue weighted by Crippen LogP contribution is -2.31. The number of benzene rings is 1. The second kappa shape index (κ2) is 4.31. The van der Waals surface area contributed by atoms with Crippen molar-refractivity contribution in [1.82, 2.24) is 10.2 Å². The van der Waals surface area contributed by atoms with Gasteiger partial charge >= 0.3 is 0 Å². The van der Waals surface area contributed by atoms with E-state index in [9.17, 15) is 4.79 Å². The SMILES string of the molecule is O=C(c1cccc(Cl)c1)N1C[C@H]2CNC[C@H]2C1. The molecule has 2 fully saturated rings. The standard InChI is InChI=1S/C13H15ClN2O/c14-12-3-1-2-9(4-12)13(17)16-7-10-5-15-6-11(10)8-16/h1-4,10-11,15H,5-8H2/t10-,11+. The Bertz CT molecular complexity index is 437. The van der Waals surface area contributed by atoms with Crippen LogP contribution < -0.4 is 5.32 Å². The molecule has 3 nitrogen and oxygen atoms in total. The predicted molar refractivity (Wildman–Crippen MR) is 67.2 cm³/mol. The first-order chi connectivity index (χ1) is 8.24. The zero-order valence-electron chi connectivity index (χ0n) is 9.53. The lowest BCUT2D eigenvalue weighted by molar-refractivity contribution is 0.0781. The molecule has 4 heteroatoms. The fourth-order valence-electron chi connectivity index (χ4n) is 2.83. The van der Waals surface area contributed by atoms with E-state index in [-0.39, 0.29) is 5.91 Å². The Morgan fingerprint density at radius 2 is 2.00 bits per heavy atom. The third kappa shape index (κ3) is 2.05. The molecule has 1 amide bonds. The molecule has 2 aliphatic rings. The van der Waals surface area contributed by atoms with E-state index in [0.29, 0.717) is 22.4 Å². The molecule has 0 aromatic heterocycles. The molecular weight excluding hydrogens is 236 g/mol. The molecule has 90 valence electrons. The summed E-state index contributed by atoms with van der Waals surface area (Å²) in [6.07, 6.45) is 0. The lowest BCUT2D eigenvalue weighted by Gasteiger charge is -2.17. The van der Waals surface area contributed by atoms with E-state index >= 15 is 0 Å². The van der Waals surface area contributed by atoms with Gasteiger partial charge in [-0.1, -0.05) is 17.7 Å². The number of fused-ring (bicyclic) bond motifs is 1. The number of carbonyl (C=O) groups is 1. The Labute approximate surface area is 106 Å². The Kier molecular flexibility index (Phi) is 2.81. The van der Waals surface area contributed by atoms with Crippen LogP contribution in [-0.2, 0) is 0 Å². The Balaban J connectivity index is 1.75. The third-order valence-electron chi connectivity index (χ3n) is 3.75. The van der Waals surface area contributed by atoms with Crippen LogP contribution in [0.25, 0.3) is 0 Å². The minimum absolute atomic E-state index is 0.113. The highest BCUT2D eigenvalue weighted by Gasteiger charge is 2.38. The van der Waals surface area contributed by atoms with Crippen molar-refractivity contribution in [1.29, 1.82) is 0 Å². The maximum atomic E-state index is 12.3. The summed E-state index contributed by atoms with van der Waals surface area (Å²) >= 11 is 5.91. The Morgan fingerprint density at radius 1 is 1.29 bits per heavy atom. The lowest BCUT2D eigenvalue weighted by atomic mass is 10.0. The van der Waals surface area contributed by atoms with Gasteiger partial charge in [0, 0.05) is 36.8 Å². The number of nitrogens with zero attached hydrogens (tertiary/aromatic N) is 1. The predicted octanol–water partition coefficient (Wildman–Crippen LogP) is 1.63. The van der Waals surface area contributed by atoms with Crippen molar-refractivity contribution in [2.75, 3.05) is 26.2 Å². The van der Waals surface area contributed by atoms with E-state index in [1.165, 1.54) is 0 Å². The summed E-state index contributed by atoms with van der Waals surface area (Å²) in [5, 5.41) is 4.00. The van der Waals surface area contributed by atoms with Crippen LogP contribution in [-0.4, -0.2) is 37.0 Å². The van der Waals surface area contributed by atoms with E-state index in [1.807, 2.05) is 17.0 Å². The van der Waals surface area contributed by atoms with Crippen molar-refractivity contribution in [2.24, 2.45) is 11.8 Å². The summed E-state index contributed by atoms with van der Waals surface area (Å²) in [6, 6.07) is 7.20. The quantitative estimate of drug-likeness (QED) is 0.822. The zero-order valence-corrected chi connectivity index (χ0v) is 10.3. The van der Waals surface area contributed by atoms with Crippen LogP contribution in [0.15, 0.2) is 24.3 Å². The molecule has 0 saturated carbocycles. The number of amides is 1. The molecular formula is C13H15ClN2O. The van der Waals surface area contributed by atoms with Crippen LogP contribution in [0, 0.1) is 11.8 Å². The summed E-state index contributed by atoms with van der Waals surface area (Å²) in [6.45, 7) is 3.85. The topological polar surface area (TPSA) is 32.3 Å². The number of carbonyl (C=O) groups excluding carboxylic acids is 1. The number of rotatable bonds is 1. The Morgan fingerprint density at radius 3 is 2.65 bits per heavy atom. The average molecular weight is 251 g/mol. The molecule has 1 aromatic carbocycles. The smallest absolute Gasteiger partial charge is 0.253 e. The number of hydrogen-bond donors (Lipinski definition) is 1. The molecule has 0 aliphatic carbocycles. The normalized spacial score (nSPS) is 27.2. The molecule has 0 radical (unpaired) electrons. The number of halogens is 1. The van der Waals surface area contributed by atoms with Crippen molar-refractivity contribution in [2.45, 2.75) is 0 Å². The molecule has 1 N–H and O–H groups in total. The minimum atomic E-state index is 0.113. The van der Waals surface area contributed by atoms with Gasteiger partial charge in [0.25, 0.3) is 5.91 Å². The van der Waals surface area contributed by atoms with Crippen LogP contribution in [0.2, 0.25) is 5.02 Å². The van der Waals surface area contributed by atoms with E-state index in [2.05, 4.69) is 5.32 Å². The summed E-state index contributed by atoms with van der Waals surface area (Å²) in [7, 11) is 0. The van der Waals surface area contributed by atoms with Gasteiger partial charge in [-0.25, -0.2) is 0 Å². The van der Waals surface area contributed by atoms with Crippen molar-refractivity contribution in [3.63, 3.8) is 0 Å². The Hall–Kier alpha value is -1.06. The van der Waals surface area contributed by atoms with Crippen LogP contribution >= 0.6 is 11.6 Å². The second-order valence-electron chi connectivity index (χ2n) is 4.90. The van der Waals surface area contributed by atoms with Gasteiger partial charge in [-0.2, -0.15) is 0 Å². The molecule has 2 atom stereocenters. The number of hydrogen-bond acceptors (Lipinski definition) is 2. The summed E-state index contributed by atoms with van der Waals surface area (Å²) in [5.41, 5.74) is 0.699. The molecule has 0 unspecified atom stereocenters. The van der Waals surface area contributed by atoms with Crippen LogP contribution in [0.4, 0.5) is 0 Å². The first kappa shape index (κ1) is 11.1. The fraction of sp³-hybridized carbons (Fsp3) is 0.462. The van der Waals surface area contributed by atoms with Gasteiger partial charge in [0.05, 0.1) is 0 Å². The van der Waals surface area contributed by atoms with Gasteiger partial charge < -0.3 is 10.2 Å². The minimum Gasteiger partial charge on any atom is -0.338 e. The first-order valence-corrected chi connectivity index (χ1v) is 6.37. The van der Waals surface area contributed by atoms with E-state index < -0.39 is 0 Å². The highest BCUT2D eigenvalue weighted by Crippen LogP contribution is 2.27. The van der Waals surface area contributed by atoms with Gasteiger partial charge in [-0.05, 0) is 30.0 Å². The average Bonchev–Trinajstić information content (AvgIpc) is 2.88. The molecule has 2 saturated heterocycles. The number of likely N-dealkylation sites (tertiary alicyclic amines) is 1. The zero-order chi connectivity index (χ0) is 11.8. The summed E-state index contributed by atoms with van der Waals surface area (Å²) in [4.78, 5) is 14.2. The summed E-state index contributed by atoms with van der Waals surface area (Å²) < 4.78 is 0. The largest absolute Gasteiger partial charge is 0.338 e. The highest BCUT2D eigenvalue weighted by molar-refractivity contribution is 6.30. The molecule has 0 bridgehead atoms. The van der Waals surface area contributed by atoms with Crippen molar-refractivity contribution >= 4 is 17.5 Å². The van der Waals surface area contributed by atoms with Crippen LogP contribution in [0.1, 0.15) is 10.4 Å². The van der Waals surface area contributed by atoms with Gasteiger partial charge in [0.15, 0.2) is 0 Å². The van der Waals surface area contributed by atoms with Crippen LogP contribution in [0.5, 0.6) is 0 Å². The van der Waals surface area contributed by atoms with Gasteiger partial charge in [-0.3, -0.25) is 4.79 Å². The summed E-state index contributed by atoms with van der Waals surface area (Å²) in [5.74, 6) is 1.39. The maximum Gasteiger partial charge on any atom is 0.253 e. The van der Waals surface area contributed by atoms with Crippen molar-refractivity contribution in [3.05, 3.63) is 34.9 Å². The molecule has 17 heavy (non-hydrogen) atoms. The monoisotopic (exact) mass is 250 g/mol. The fourth-order valence-corrected chi connectivity index (χ4v) is 3.02. The van der Waals surface area contributed by atoms with Crippen LogP contribution in [0.3, 0.4) is 0 Å².